The Bertz CT molecular complexity index is 1250. The molecule has 0 radical (unpaired) electrons. The third-order valence-electron chi connectivity index (χ3n) is 4.38. The highest BCUT2D eigenvalue weighted by Crippen LogP contribution is 2.35. The molecule has 4 N–H and O–H groups in total. The van der Waals surface area contributed by atoms with Crippen molar-refractivity contribution in [2.75, 3.05) is 11.1 Å². The number of thiazole rings is 1. The first-order valence-electron chi connectivity index (χ1n) is 8.69. The second-order valence-corrected chi connectivity index (χ2v) is 7.53. The van der Waals surface area contributed by atoms with E-state index in [0.29, 0.717) is 5.69 Å². The van der Waals surface area contributed by atoms with Crippen LogP contribution in [0.15, 0.2) is 60.7 Å². The number of amides is 1. The molecule has 0 saturated carbocycles. The van der Waals surface area contributed by atoms with Gasteiger partial charge in [-0.2, -0.15) is 13.2 Å². The minimum Gasteiger partial charge on any atom is -0.508 e. The fraction of sp³-hybridized carbons (Fsp3) is 0.0476. The highest BCUT2D eigenvalue weighted by molar-refractivity contribution is 7.21. The van der Waals surface area contributed by atoms with Crippen molar-refractivity contribution in [3.63, 3.8) is 0 Å². The highest BCUT2D eigenvalue weighted by Gasteiger charge is 2.33. The number of hydrogen-bond acceptors (Lipinski definition) is 5. The van der Waals surface area contributed by atoms with Crippen molar-refractivity contribution in [2.45, 2.75) is 6.18 Å². The molecule has 0 saturated heterocycles. The molecular weight excluding hydrogens is 415 g/mol. The Labute approximate surface area is 172 Å². The number of anilines is 2. The zero-order valence-corrected chi connectivity index (χ0v) is 16.0. The summed E-state index contributed by atoms with van der Waals surface area (Å²) in [5, 5.41) is 12.9. The number of fused-ring (bicyclic) bond motifs is 1. The summed E-state index contributed by atoms with van der Waals surface area (Å²) >= 11 is 1.41. The van der Waals surface area contributed by atoms with Crippen LogP contribution in [0.5, 0.6) is 5.75 Å². The number of nitrogens with one attached hydrogen (secondary N) is 1. The van der Waals surface area contributed by atoms with Gasteiger partial charge in [-0.25, -0.2) is 4.98 Å². The van der Waals surface area contributed by atoms with E-state index in [4.69, 9.17) is 5.73 Å². The quantitative estimate of drug-likeness (QED) is 0.374. The number of rotatable bonds is 3. The maximum absolute atomic E-state index is 13.0. The van der Waals surface area contributed by atoms with E-state index < -0.39 is 23.3 Å². The van der Waals surface area contributed by atoms with Gasteiger partial charge in [-0.15, -0.1) is 11.3 Å². The topological polar surface area (TPSA) is 88.2 Å². The lowest BCUT2D eigenvalue weighted by Crippen LogP contribution is -2.15. The van der Waals surface area contributed by atoms with Crippen LogP contribution in [0.4, 0.5) is 24.5 Å². The van der Waals surface area contributed by atoms with Crippen molar-refractivity contribution in [2.24, 2.45) is 0 Å². The lowest BCUT2D eigenvalue weighted by atomic mass is 10.1. The van der Waals surface area contributed by atoms with Crippen molar-refractivity contribution in [3.8, 4) is 16.3 Å². The van der Waals surface area contributed by atoms with E-state index in [2.05, 4.69) is 10.3 Å². The molecule has 0 spiro atoms. The number of halogens is 3. The molecule has 1 amide bonds. The Morgan fingerprint density at radius 3 is 2.47 bits per heavy atom. The van der Waals surface area contributed by atoms with Gasteiger partial charge in [-0.1, -0.05) is 0 Å². The number of carbonyl (C=O) groups excluding carboxylic acids is 1. The van der Waals surface area contributed by atoms with Crippen LogP contribution >= 0.6 is 11.3 Å². The van der Waals surface area contributed by atoms with Crippen molar-refractivity contribution < 1.29 is 23.1 Å². The van der Waals surface area contributed by atoms with E-state index in [-0.39, 0.29) is 11.3 Å². The average molecular weight is 429 g/mol. The van der Waals surface area contributed by atoms with E-state index in [1.54, 1.807) is 42.5 Å². The molecule has 1 aromatic heterocycles. The van der Waals surface area contributed by atoms with Gasteiger partial charge in [-0.05, 0) is 60.7 Å². The van der Waals surface area contributed by atoms with Gasteiger partial charge in [0.25, 0.3) is 5.91 Å². The normalized spacial score (nSPS) is 11.6. The molecule has 0 aliphatic rings. The monoisotopic (exact) mass is 429 g/mol. The largest absolute Gasteiger partial charge is 0.508 e. The third kappa shape index (κ3) is 3.92. The zero-order chi connectivity index (χ0) is 21.5. The number of phenolic OH excluding ortho intramolecular Hbond substituents is 1. The van der Waals surface area contributed by atoms with Crippen LogP contribution in [0.3, 0.4) is 0 Å². The van der Waals surface area contributed by atoms with Crippen LogP contribution in [0.1, 0.15) is 15.9 Å². The summed E-state index contributed by atoms with van der Waals surface area (Å²) in [6.45, 7) is 0. The van der Waals surface area contributed by atoms with E-state index in [1.807, 2.05) is 0 Å². The molecule has 4 aromatic rings. The maximum atomic E-state index is 13.0. The molecule has 0 fully saturated rings. The van der Waals surface area contributed by atoms with Gasteiger partial charge in [-0.3, -0.25) is 4.79 Å². The molecule has 9 heteroatoms. The fourth-order valence-corrected chi connectivity index (χ4v) is 3.88. The van der Waals surface area contributed by atoms with Gasteiger partial charge in [0, 0.05) is 22.5 Å². The molecule has 4 rings (SSSR count). The summed E-state index contributed by atoms with van der Waals surface area (Å²) in [5.74, 6) is -0.518. The molecule has 0 atom stereocenters. The number of aromatic nitrogens is 1. The smallest absolute Gasteiger partial charge is 0.418 e. The second kappa shape index (κ2) is 7.34. The van der Waals surface area contributed by atoms with Gasteiger partial charge >= 0.3 is 6.18 Å². The van der Waals surface area contributed by atoms with Gasteiger partial charge in [0.05, 0.1) is 15.8 Å². The van der Waals surface area contributed by atoms with Crippen molar-refractivity contribution in [3.05, 3.63) is 71.8 Å². The van der Waals surface area contributed by atoms with Gasteiger partial charge < -0.3 is 16.2 Å². The number of nitrogen functional groups attached to an aromatic ring is 1. The zero-order valence-electron chi connectivity index (χ0n) is 15.2. The first kappa shape index (κ1) is 19.7. The molecule has 0 unspecified atom stereocenters. The number of phenols is 1. The lowest BCUT2D eigenvalue weighted by Gasteiger charge is -2.12. The van der Waals surface area contributed by atoms with Crippen LogP contribution in [0.25, 0.3) is 20.8 Å². The van der Waals surface area contributed by atoms with E-state index in [0.717, 1.165) is 32.9 Å². The molecule has 5 nitrogen and oxygen atoms in total. The SMILES string of the molecule is Nc1ccc(C(=O)Nc2ccc(-c3nc4ccc(O)cc4s3)cc2)cc1C(F)(F)F. The number of carbonyl (C=O) groups is 1. The minimum absolute atomic E-state index is 0.147. The molecule has 0 aliphatic heterocycles. The predicted molar refractivity (Wildman–Crippen MR) is 111 cm³/mol. The Hall–Kier alpha value is -3.59. The summed E-state index contributed by atoms with van der Waals surface area (Å²) in [7, 11) is 0. The Morgan fingerprint density at radius 2 is 1.77 bits per heavy atom. The molecule has 30 heavy (non-hydrogen) atoms. The van der Waals surface area contributed by atoms with Crippen LogP contribution in [-0.4, -0.2) is 16.0 Å². The van der Waals surface area contributed by atoms with Gasteiger partial charge in [0.1, 0.15) is 10.8 Å². The Kier molecular flexibility index (Phi) is 4.83. The number of alkyl halides is 3. The minimum atomic E-state index is -4.64. The summed E-state index contributed by atoms with van der Waals surface area (Å²) < 4.78 is 39.8. The molecular formula is C21H14F3N3O2S. The Morgan fingerprint density at radius 1 is 1.03 bits per heavy atom. The van der Waals surface area contributed by atoms with Crippen LogP contribution in [-0.2, 0) is 6.18 Å². The standard InChI is InChI=1S/C21H14F3N3O2S/c22-21(23,24)15-9-12(3-7-16(15)25)19(29)26-13-4-1-11(2-5-13)20-27-17-8-6-14(28)10-18(17)30-20/h1-10,28H,25H2,(H,26,29). The molecule has 3 aromatic carbocycles. The summed E-state index contributed by atoms with van der Waals surface area (Å²) in [6, 6.07) is 14.7. The van der Waals surface area contributed by atoms with Crippen molar-refractivity contribution in [1.82, 2.24) is 4.98 Å². The van der Waals surface area contributed by atoms with Crippen LogP contribution in [0.2, 0.25) is 0 Å². The number of aromatic hydroxyl groups is 1. The number of nitrogens with zero attached hydrogens (tertiary/aromatic N) is 1. The first-order valence-corrected chi connectivity index (χ1v) is 9.50. The van der Waals surface area contributed by atoms with Crippen molar-refractivity contribution in [1.29, 1.82) is 0 Å². The molecule has 0 aliphatic carbocycles. The molecule has 152 valence electrons. The average Bonchev–Trinajstić information content (AvgIpc) is 3.11. The van der Waals surface area contributed by atoms with E-state index in [9.17, 15) is 23.1 Å². The van der Waals surface area contributed by atoms with Gasteiger partial charge in [0.2, 0.25) is 0 Å². The lowest BCUT2D eigenvalue weighted by molar-refractivity contribution is -0.136. The number of nitrogens with two attached hydrogens (primary N) is 1. The number of benzene rings is 3. The molecule has 0 bridgehead atoms. The fourth-order valence-electron chi connectivity index (χ4n) is 2.88. The second-order valence-electron chi connectivity index (χ2n) is 6.50. The third-order valence-corrected chi connectivity index (χ3v) is 5.45. The highest BCUT2D eigenvalue weighted by atomic mass is 32.1. The Balaban J connectivity index is 1.54. The molecule has 1 heterocycles. The van der Waals surface area contributed by atoms with Crippen molar-refractivity contribution >= 4 is 38.8 Å². The maximum Gasteiger partial charge on any atom is 0.418 e. The van der Waals surface area contributed by atoms with Crippen LogP contribution < -0.4 is 11.1 Å². The van der Waals surface area contributed by atoms with Crippen LogP contribution in [0, 0.1) is 0 Å². The first-order chi connectivity index (χ1) is 14.2. The van der Waals surface area contributed by atoms with E-state index >= 15 is 0 Å². The summed E-state index contributed by atoms with van der Waals surface area (Å²) in [4.78, 5) is 16.9. The predicted octanol–water partition coefficient (Wildman–Crippen LogP) is 5.52. The van der Waals surface area contributed by atoms with Gasteiger partial charge in [0.15, 0.2) is 0 Å². The van der Waals surface area contributed by atoms with E-state index in [1.165, 1.54) is 17.4 Å². The summed E-state index contributed by atoms with van der Waals surface area (Å²) in [6.07, 6.45) is -4.64. The summed E-state index contributed by atoms with van der Waals surface area (Å²) in [5.41, 5.74) is 5.72. The number of hydrogen-bond donors (Lipinski definition) is 3.